The van der Waals surface area contributed by atoms with E-state index in [1.807, 2.05) is 48.4 Å². The first-order valence-electron chi connectivity index (χ1n) is 8.89. The lowest BCUT2D eigenvalue weighted by molar-refractivity contribution is -0.0800. The van der Waals surface area contributed by atoms with Crippen molar-refractivity contribution in [1.82, 2.24) is 30.8 Å². The third-order valence-electron chi connectivity index (χ3n) is 4.80. The maximum absolute atomic E-state index is 6.05. The molecule has 2 atom stereocenters. The van der Waals surface area contributed by atoms with Crippen LogP contribution in [0, 0.1) is 0 Å². The number of hydrogen-bond acceptors (Lipinski definition) is 8. The Morgan fingerprint density at radius 3 is 2.75 bits per heavy atom. The molecule has 0 amide bonds. The van der Waals surface area contributed by atoms with Crippen LogP contribution in [0.25, 0.3) is 11.5 Å². The summed E-state index contributed by atoms with van der Waals surface area (Å²) in [4.78, 5) is 8.60. The van der Waals surface area contributed by atoms with Crippen molar-refractivity contribution in [2.75, 3.05) is 7.05 Å². The summed E-state index contributed by atoms with van der Waals surface area (Å²) in [5.74, 6) is 1.01. The number of hydrazone groups is 1. The number of nitrogens with zero attached hydrogens (tertiary/aromatic N) is 6. The van der Waals surface area contributed by atoms with E-state index in [1.54, 1.807) is 24.5 Å². The van der Waals surface area contributed by atoms with Crippen LogP contribution >= 0.6 is 11.6 Å². The number of rotatable bonds is 5. The van der Waals surface area contributed by atoms with Gasteiger partial charge < -0.3 is 4.52 Å². The van der Waals surface area contributed by atoms with Crippen molar-refractivity contribution in [2.45, 2.75) is 25.9 Å². The summed E-state index contributed by atoms with van der Waals surface area (Å²) >= 11 is 6.05. The average Bonchev–Trinajstić information content (AvgIpc) is 3.35. The lowest BCUT2D eigenvalue weighted by Gasteiger charge is -2.33. The Labute approximate surface area is 167 Å². The normalized spacial score (nSPS) is 18.2. The zero-order chi connectivity index (χ0) is 19.7. The molecular weight excluding hydrogens is 378 g/mol. The number of hydrogen-bond donors (Lipinski definition) is 1. The summed E-state index contributed by atoms with van der Waals surface area (Å²) in [7, 11) is 1.95. The molecule has 4 rings (SSSR count). The molecule has 0 saturated carbocycles. The molecule has 3 aromatic rings. The molecule has 0 radical (unpaired) electrons. The second-order valence-electron chi connectivity index (χ2n) is 6.57. The third kappa shape index (κ3) is 3.49. The van der Waals surface area contributed by atoms with Gasteiger partial charge in [-0.05, 0) is 44.2 Å². The van der Waals surface area contributed by atoms with Gasteiger partial charge in [-0.1, -0.05) is 22.8 Å². The Morgan fingerprint density at radius 2 is 2.00 bits per heavy atom. The molecule has 1 aromatic carbocycles. The highest BCUT2D eigenvalue weighted by Gasteiger charge is 2.33. The Bertz CT molecular complexity index is 991. The maximum atomic E-state index is 6.05. The van der Waals surface area contributed by atoms with Crippen molar-refractivity contribution in [2.24, 2.45) is 5.10 Å². The van der Waals surface area contributed by atoms with Crippen LogP contribution in [0.5, 0.6) is 0 Å². The number of benzene rings is 1. The monoisotopic (exact) mass is 397 g/mol. The van der Waals surface area contributed by atoms with Gasteiger partial charge in [0.15, 0.2) is 5.82 Å². The summed E-state index contributed by atoms with van der Waals surface area (Å²) in [5.41, 5.74) is 5.83. The lowest BCUT2D eigenvalue weighted by Crippen LogP contribution is -2.50. The van der Waals surface area contributed by atoms with Crippen LogP contribution in [-0.4, -0.2) is 44.1 Å². The van der Waals surface area contributed by atoms with Gasteiger partial charge >= 0.3 is 0 Å². The van der Waals surface area contributed by atoms with E-state index < -0.39 is 0 Å². The molecule has 0 bridgehead atoms. The van der Waals surface area contributed by atoms with Crippen molar-refractivity contribution in [3.63, 3.8) is 0 Å². The van der Waals surface area contributed by atoms with E-state index in [1.165, 1.54) is 0 Å². The summed E-state index contributed by atoms with van der Waals surface area (Å²) in [6.07, 6.45) is 3.52. The predicted molar refractivity (Wildman–Crippen MR) is 106 cm³/mol. The summed E-state index contributed by atoms with van der Waals surface area (Å²) in [6, 6.07) is 11.1. The van der Waals surface area contributed by atoms with E-state index in [-0.39, 0.29) is 12.1 Å². The number of pyridine rings is 1. The van der Waals surface area contributed by atoms with Gasteiger partial charge in [-0.3, -0.25) is 4.98 Å². The molecule has 1 aliphatic rings. The van der Waals surface area contributed by atoms with Gasteiger partial charge in [-0.25, -0.2) is 10.5 Å². The molecular formula is C19H20ClN7O. The summed E-state index contributed by atoms with van der Waals surface area (Å²) in [6.45, 7) is 4.08. The molecule has 0 spiro atoms. The fourth-order valence-electron chi connectivity index (χ4n) is 3.07. The number of halogens is 1. The van der Waals surface area contributed by atoms with Gasteiger partial charge in [0.1, 0.15) is 0 Å². The molecule has 9 heteroatoms. The number of hydrazine groups is 2. The maximum Gasteiger partial charge on any atom is 0.258 e. The van der Waals surface area contributed by atoms with Crippen LogP contribution < -0.4 is 5.53 Å². The average molecular weight is 398 g/mol. The molecule has 2 aromatic heterocycles. The molecule has 1 N–H and O–H groups in total. The lowest BCUT2D eigenvalue weighted by atomic mass is 10.1. The van der Waals surface area contributed by atoms with Gasteiger partial charge in [0.25, 0.3) is 5.89 Å². The fourth-order valence-corrected chi connectivity index (χ4v) is 3.26. The van der Waals surface area contributed by atoms with Crippen molar-refractivity contribution in [3.8, 4) is 11.5 Å². The highest BCUT2D eigenvalue weighted by molar-refractivity contribution is 6.30. The van der Waals surface area contributed by atoms with Crippen molar-refractivity contribution in [1.29, 1.82) is 0 Å². The molecule has 0 aliphatic carbocycles. The first-order chi connectivity index (χ1) is 13.5. The quantitative estimate of drug-likeness (QED) is 0.707. The molecule has 144 valence electrons. The molecule has 8 nitrogen and oxygen atoms in total. The molecule has 0 fully saturated rings. The van der Waals surface area contributed by atoms with Crippen molar-refractivity contribution in [3.05, 3.63) is 65.2 Å². The zero-order valence-corrected chi connectivity index (χ0v) is 16.5. The fraction of sp³-hybridized carbons (Fsp3) is 0.263. The van der Waals surface area contributed by atoms with Gasteiger partial charge in [0, 0.05) is 35.6 Å². The molecule has 1 aliphatic heterocycles. The summed E-state index contributed by atoms with van der Waals surface area (Å²) < 4.78 is 5.44. The van der Waals surface area contributed by atoms with E-state index in [4.69, 9.17) is 16.1 Å². The summed E-state index contributed by atoms with van der Waals surface area (Å²) in [5, 5.41) is 13.2. The minimum atomic E-state index is -0.140. The minimum Gasteiger partial charge on any atom is -0.334 e. The highest BCUT2D eigenvalue weighted by Crippen LogP contribution is 2.26. The first kappa shape index (κ1) is 18.5. The van der Waals surface area contributed by atoms with Crippen LogP contribution in [0.1, 0.15) is 31.3 Å². The topological polar surface area (TPSA) is 82.7 Å². The van der Waals surface area contributed by atoms with Crippen molar-refractivity contribution >= 4 is 17.3 Å². The van der Waals surface area contributed by atoms with Crippen LogP contribution in [0.2, 0.25) is 5.02 Å². The van der Waals surface area contributed by atoms with Crippen molar-refractivity contribution < 1.29 is 4.52 Å². The molecule has 3 heterocycles. The number of nitrogens with one attached hydrogen (secondary N) is 1. The van der Waals surface area contributed by atoms with Crippen LogP contribution in [-0.2, 0) is 0 Å². The highest BCUT2D eigenvalue weighted by atomic mass is 35.5. The SMILES string of the molecule is CC(c1noc(-c2cccc(Cl)c2)n1)N(C)N1NN=C(c2ccncc2)C1C. The number of aromatic nitrogens is 3. The molecule has 0 saturated heterocycles. The van der Waals surface area contributed by atoms with Gasteiger partial charge in [-0.15, -0.1) is 5.12 Å². The largest absolute Gasteiger partial charge is 0.334 e. The van der Waals surface area contributed by atoms with E-state index in [9.17, 15) is 0 Å². The predicted octanol–water partition coefficient (Wildman–Crippen LogP) is 3.31. The Balaban J connectivity index is 1.49. The molecule has 2 unspecified atom stereocenters. The van der Waals surface area contributed by atoms with Gasteiger partial charge in [0.2, 0.25) is 0 Å². The van der Waals surface area contributed by atoms with E-state index in [2.05, 4.69) is 32.7 Å². The van der Waals surface area contributed by atoms with Gasteiger partial charge in [0.05, 0.1) is 17.8 Å². The standard InChI is InChI=1S/C19H20ClN7O/c1-12-17(14-7-9-21-10-8-14)23-25-27(12)26(3)13(2)18-22-19(28-24-18)15-5-4-6-16(20)11-15/h4-13,25H,1-3H3. The Morgan fingerprint density at radius 1 is 1.21 bits per heavy atom. The van der Waals surface area contributed by atoms with E-state index in [0.717, 1.165) is 16.8 Å². The first-order valence-corrected chi connectivity index (χ1v) is 9.27. The Hall–Kier alpha value is -2.81. The van der Waals surface area contributed by atoms with Crippen LogP contribution in [0.3, 0.4) is 0 Å². The smallest absolute Gasteiger partial charge is 0.258 e. The van der Waals surface area contributed by atoms with Crippen LogP contribution in [0.4, 0.5) is 0 Å². The van der Waals surface area contributed by atoms with Crippen LogP contribution in [0.15, 0.2) is 58.4 Å². The van der Waals surface area contributed by atoms with E-state index in [0.29, 0.717) is 16.7 Å². The second kappa shape index (κ2) is 7.67. The second-order valence-corrected chi connectivity index (χ2v) is 7.01. The van der Waals surface area contributed by atoms with E-state index >= 15 is 0 Å². The Kier molecular flexibility index (Phi) is 5.08. The van der Waals surface area contributed by atoms with Gasteiger partial charge in [-0.2, -0.15) is 10.1 Å². The third-order valence-corrected chi connectivity index (χ3v) is 5.03. The zero-order valence-electron chi connectivity index (χ0n) is 15.7. The minimum absolute atomic E-state index is 0.0224. The molecule has 28 heavy (non-hydrogen) atoms.